The van der Waals surface area contributed by atoms with Gasteiger partial charge >= 0.3 is 0 Å². The second-order valence-corrected chi connectivity index (χ2v) is 8.31. The average Bonchev–Trinajstić information content (AvgIpc) is 3.15. The van der Waals surface area contributed by atoms with E-state index in [0.717, 1.165) is 18.5 Å². The number of benzene rings is 1. The fourth-order valence-electron chi connectivity index (χ4n) is 3.52. The van der Waals surface area contributed by atoms with Crippen LogP contribution in [-0.4, -0.2) is 37.9 Å². The molecule has 1 aliphatic rings. The van der Waals surface area contributed by atoms with E-state index in [1.165, 1.54) is 49.4 Å². The molecule has 0 aliphatic heterocycles. The van der Waals surface area contributed by atoms with Gasteiger partial charge < -0.3 is 5.32 Å². The molecule has 1 fully saturated rings. The van der Waals surface area contributed by atoms with E-state index in [4.69, 9.17) is 0 Å². The number of rotatable bonds is 8. The van der Waals surface area contributed by atoms with Crippen molar-refractivity contribution in [3.63, 3.8) is 0 Å². The predicted molar refractivity (Wildman–Crippen MR) is 108 cm³/mol. The number of carbonyl (C=O) groups is 1. The largest absolute Gasteiger partial charge is 0.352 e. The highest BCUT2D eigenvalue weighted by Crippen LogP contribution is 2.24. The Kier molecular flexibility index (Phi) is 7.26. The summed E-state index contributed by atoms with van der Waals surface area (Å²) in [6.45, 7) is 4.42. The summed E-state index contributed by atoms with van der Waals surface area (Å²) < 4.78 is 1.70. The third kappa shape index (κ3) is 5.54. The summed E-state index contributed by atoms with van der Waals surface area (Å²) in [6.07, 6.45) is 8.23. The molecule has 146 valence electrons. The second kappa shape index (κ2) is 9.88. The summed E-state index contributed by atoms with van der Waals surface area (Å²) in [4.78, 5) is 12.3. The van der Waals surface area contributed by atoms with E-state index in [9.17, 15) is 4.79 Å². The molecule has 2 aromatic rings. The third-order valence-electron chi connectivity index (χ3n) is 5.23. The molecule has 1 N–H and O–H groups in total. The Labute approximate surface area is 165 Å². The number of nitrogens with one attached hydrogen (secondary N) is 1. The topological polar surface area (TPSA) is 72.7 Å². The fraction of sp³-hybridized carbons (Fsp3) is 0.600. The molecule has 0 saturated heterocycles. The lowest BCUT2D eigenvalue weighted by molar-refractivity contribution is -0.119. The number of unbranched alkanes of at least 4 members (excludes halogenated alkanes) is 1. The van der Waals surface area contributed by atoms with Crippen molar-refractivity contribution < 1.29 is 4.79 Å². The van der Waals surface area contributed by atoms with E-state index < -0.39 is 0 Å². The van der Waals surface area contributed by atoms with Crippen LogP contribution in [0.2, 0.25) is 0 Å². The van der Waals surface area contributed by atoms with Crippen molar-refractivity contribution >= 4 is 17.7 Å². The molecule has 6 nitrogen and oxygen atoms in total. The summed E-state index contributed by atoms with van der Waals surface area (Å²) >= 11 is 1.38. The molecular formula is C20H29N5OS. The normalized spacial score (nSPS) is 19.8. The molecule has 2 atom stereocenters. The summed E-state index contributed by atoms with van der Waals surface area (Å²) in [5.41, 5.74) is 2.24. The molecule has 1 aliphatic carbocycles. The van der Waals surface area contributed by atoms with Crippen LogP contribution in [0, 0.1) is 5.92 Å². The van der Waals surface area contributed by atoms with Crippen molar-refractivity contribution in [1.82, 2.24) is 25.5 Å². The van der Waals surface area contributed by atoms with Crippen LogP contribution in [0.3, 0.4) is 0 Å². The van der Waals surface area contributed by atoms with Crippen LogP contribution in [0.4, 0.5) is 0 Å². The maximum absolute atomic E-state index is 12.3. The molecule has 27 heavy (non-hydrogen) atoms. The van der Waals surface area contributed by atoms with E-state index >= 15 is 0 Å². The number of nitrogens with zero attached hydrogens (tertiary/aromatic N) is 4. The standard InChI is InChI=1S/C20H29N5OS/c1-3-4-8-16-10-12-17(13-11-16)25-20(22-23-24-25)27-14-19(26)21-18-9-6-5-7-15(18)2/h10-13,15,18H,3-9,14H2,1-2H3,(H,21,26)/t15-,18+/m1/s1. The molecular weight excluding hydrogens is 358 g/mol. The Bertz CT molecular complexity index is 730. The van der Waals surface area contributed by atoms with Crippen LogP contribution in [0.25, 0.3) is 5.69 Å². The quantitative estimate of drug-likeness (QED) is 0.698. The van der Waals surface area contributed by atoms with Crippen LogP contribution in [0.15, 0.2) is 29.4 Å². The first kappa shape index (κ1) is 19.9. The molecule has 0 bridgehead atoms. The summed E-state index contributed by atoms with van der Waals surface area (Å²) in [5.74, 6) is 0.950. The van der Waals surface area contributed by atoms with Gasteiger partial charge in [-0.05, 0) is 59.7 Å². The van der Waals surface area contributed by atoms with E-state index in [-0.39, 0.29) is 5.91 Å². The molecule has 3 rings (SSSR count). The molecule has 0 radical (unpaired) electrons. The van der Waals surface area contributed by atoms with Gasteiger partial charge in [0.1, 0.15) is 0 Å². The number of aryl methyl sites for hydroxylation is 1. The van der Waals surface area contributed by atoms with Gasteiger partial charge in [-0.2, -0.15) is 4.68 Å². The Morgan fingerprint density at radius 1 is 1.26 bits per heavy atom. The molecule has 1 saturated carbocycles. The molecule has 1 aromatic carbocycles. The minimum atomic E-state index is 0.0585. The Morgan fingerprint density at radius 2 is 2.04 bits per heavy atom. The van der Waals surface area contributed by atoms with Gasteiger partial charge in [-0.1, -0.05) is 57.0 Å². The van der Waals surface area contributed by atoms with Gasteiger partial charge in [0.05, 0.1) is 11.4 Å². The van der Waals surface area contributed by atoms with Crippen molar-refractivity contribution in [2.75, 3.05) is 5.75 Å². The van der Waals surface area contributed by atoms with Crippen molar-refractivity contribution in [2.24, 2.45) is 5.92 Å². The number of carbonyl (C=O) groups excluding carboxylic acids is 1. The van der Waals surface area contributed by atoms with Crippen molar-refractivity contribution in [1.29, 1.82) is 0 Å². The van der Waals surface area contributed by atoms with E-state index in [1.54, 1.807) is 4.68 Å². The Hall–Kier alpha value is -1.89. The van der Waals surface area contributed by atoms with Gasteiger partial charge in [0.15, 0.2) is 0 Å². The first-order chi connectivity index (χ1) is 13.2. The SMILES string of the molecule is CCCCc1ccc(-n2nnnc2SCC(=O)N[C@H]2CCCC[C@H]2C)cc1. The van der Waals surface area contributed by atoms with Crippen molar-refractivity contribution in [3.05, 3.63) is 29.8 Å². The van der Waals surface area contributed by atoms with Crippen LogP contribution >= 0.6 is 11.8 Å². The van der Waals surface area contributed by atoms with Crippen LogP contribution in [-0.2, 0) is 11.2 Å². The van der Waals surface area contributed by atoms with E-state index in [0.29, 0.717) is 22.9 Å². The summed E-state index contributed by atoms with van der Waals surface area (Å²) in [6, 6.07) is 8.62. The maximum atomic E-state index is 12.3. The fourth-order valence-corrected chi connectivity index (χ4v) is 4.23. The number of hydrogen-bond acceptors (Lipinski definition) is 5. The van der Waals surface area contributed by atoms with Gasteiger partial charge in [0.2, 0.25) is 11.1 Å². The number of tetrazole rings is 1. The summed E-state index contributed by atoms with van der Waals surface area (Å²) in [5, 5.41) is 15.8. The smallest absolute Gasteiger partial charge is 0.230 e. The molecule has 0 spiro atoms. The molecule has 1 aromatic heterocycles. The van der Waals surface area contributed by atoms with Gasteiger partial charge in [0, 0.05) is 6.04 Å². The predicted octanol–water partition coefficient (Wildman–Crippen LogP) is 3.79. The zero-order valence-electron chi connectivity index (χ0n) is 16.2. The Morgan fingerprint density at radius 3 is 2.78 bits per heavy atom. The molecule has 7 heteroatoms. The van der Waals surface area contributed by atoms with Gasteiger partial charge in [-0.25, -0.2) is 0 Å². The number of amides is 1. The minimum absolute atomic E-state index is 0.0585. The van der Waals surface area contributed by atoms with Crippen LogP contribution in [0.5, 0.6) is 0 Å². The number of aromatic nitrogens is 4. The minimum Gasteiger partial charge on any atom is -0.352 e. The lowest BCUT2D eigenvalue weighted by atomic mass is 9.86. The molecule has 1 heterocycles. The summed E-state index contributed by atoms with van der Waals surface area (Å²) in [7, 11) is 0. The van der Waals surface area contributed by atoms with E-state index in [2.05, 4.69) is 46.8 Å². The number of thioether (sulfide) groups is 1. The highest BCUT2D eigenvalue weighted by molar-refractivity contribution is 7.99. The van der Waals surface area contributed by atoms with Gasteiger partial charge in [-0.3, -0.25) is 4.79 Å². The van der Waals surface area contributed by atoms with Crippen LogP contribution < -0.4 is 5.32 Å². The highest BCUT2D eigenvalue weighted by Gasteiger charge is 2.23. The Balaban J connectivity index is 1.56. The third-order valence-corrected chi connectivity index (χ3v) is 6.15. The average molecular weight is 388 g/mol. The monoisotopic (exact) mass is 387 g/mol. The van der Waals surface area contributed by atoms with Gasteiger partial charge in [0.25, 0.3) is 0 Å². The highest BCUT2D eigenvalue weighted by atomic mass is 32.2. The van der Waals surface area contributed by atoms with Crippen LogP contribution in [0.1, 0.15) is 57.9 Å². The maximum Gasteiger partial charge on any atom is 0.230 e. The first-order valence-corrected chi connectivity index (χ1v) is 11.0. The lowest BCUT2D eigenvalue weighted by Gasteiger charge is -2.29. The van der Waals surface area contributed by atoms with Crippen molar-refractivity contribution in [3.8, 4) is 5.69 Å². The second-order valence-electron chi connectivity index (χ2n) is 7.37. The number of hydrogen-bond donors (Lipinski definition) is 1. The lowest BCUT2D eigenvalue weighted by Crippen LogP contribution is -2.41. The van der Waals surface area contributed by atoms with Crippen molar-refractivity contribution in [2.45, 2.75) is 70.0 Å². The molecule has 0 unspecified atom stereocenters. The first-order valence-electron chi connectivity index (χ1n) is 9.97. The molecule has 1 amide bonds. The van der Waals surface area contributed by atoms with E-state index in [1.807, 2.05) is 12.1 Å². The zero-order valence-corrected chi connectivity index (χ0v) is 17.0. The zero-order chi connectivity index (χ0) is 19.1. The van der Waals surface area contributed by atoms with Gasteiger partial charge in [-0.15, -0.1) is 5.10 Å².